The van der Waals surface area contributed by atoms with Crippen molar-refractivity contribution >= 4 is 11.8 Å². The van der Waals surface area contributed by atoms with Gasteiger partial charge in [-0.15, -0.1) is 5.10 Å². The number of ether oxygens (including phenoxy) is 2. The molecule has 156 valence electrons. The molecule has 7 heteroatoms. The predicted octanol–water partition coefficient (Wildman–Crippen LogP) is 4.55. The molecule has 2 N–H and O–H groups in total. The molecule has 1 aliphatic carbocycles. The summed E-state index contributed by atoms with van der Waals surface area (Å²) >= 11 is 0. The lowest BCUT2D eigenvalue weighted by Gasteiger charge is -2.38. The highest BCUT2D eigenvalue weighted by atomic mass is 16.7. The number of hydrogen-bond acceptors (Lipinski definition) is 6. The molecule has 0 amide bonds. The summed E-state index contributed by atoms with van der Waals surface area (Å²) in [4.78, 5) is 16.3. The molecule has 0 spiro atoms. The standard InChI is InChI=1S/C24H22N4O3/c1-30-23(29)31-20-13-12-19-26-21(22(28(19)27-20)17-6-3-2-4-7-17)16-8-10-18(11-9-16)24(25)14-5-15-24/h2-4,6-13H,5,14-15,25H2,1H3. The summed E-state index contributed by atoms with van der Waals surface area (Å²) in [6.07, 6.45) is 2.38. The van der Waals surface area contributed by atoms with Crippen LogP contribution in [0.4, 0.5) is 4.79 Å². The van der Waals surface area contributed by atoms with Crippen LogP contribution < -0.4 is 10.5 Å². The van der Waals surface area contributed by atoms with Gasteiger partial charge in [0, 0.05) is 22.7 Å². The number of fused-ring (bicyclic) bond motifs is 1. The van der Waals surface area contributed by atoms with Gasteiger partial charge in [0.25, 0.3) is 0 Å². The normalized spacial score (nSPS) is 14.8. The summed E-state index contributed by atoms with van der Waals surface area (Å²) in [5.74, 6) is 0.130. The lowest BCUT2D eigenvalue weighted by atomic mass is 9.72. The summed E-state index contributed by atoms with van der Waals surface area (Å²) < 4.78 is 11.4. The number of hydrogen-bond donors (Lipinski definition) is 1. The van der Waals surface area contributed by atoms with E-state index in [1.807, 2.05) is 30.3 Å². The van der Waals surface area contributed by atoms with Crippen molar-refractivity contribution in [1.29, 1.82) is 0 Å². The van der Waals surface area contributed by atoms with E-state index >= 15 is 0 Å². The molecule has 0 saturated heterocycles. The second-order valence-electron chi connectivity index (χ2n) is 7.76. The van der Waals surface area contributed by atoms with Crippen LogP contribution in [0.1, 0.15) is 24.8 Å². The Hall–Kier alpha value is -3.71. The zero-order chi connectivity index (χ0) is 21.4. The quantitative estimate of drug-likeness (QED) is 0.493. The minimum absolute atomic E-state index is 0.130. The van der Waals surface area contributed by atoms with E-state index in [-0.39, 0.29) is 11.4 Å². The number of carbonyl (C=O) groups excluding carboxylic acids is 1. The van der Waals surface area contributed by atoms with E-state index in [9.17, 15) is 4.79 Å². The number of nitrogens with zero attached hydrogens (tertiary/aromatic N) is 3. The number of aromatic nitrogens is 3. The first-order valence-electron chi connectivity index (χ1n) is 10.2. The molecule has 0 bridgehead atoms. The molecule has 1 saturated carbocycles. The van der Waals surface area contributed by atoms with Crippen molar-refractivity contribution in [1.82, 2.24) is 14.6 Å². The van der Waals surface area contributed by atoms with Crippen LogP contribution in [0.2, 0.25) is 0 Å². The minimum Gasteiger partial charge on any atom is -0.437 e. The zero-order valence-electron chi connectivity index (χ0n) is 17.1. The van der Waals surface area contributed by atoms with Crippen LogP contribution in [-0.2, 0) is 10.3 Å². The number of nitrogens with two attached hydrogens (primary N) is 1. The summed E-state index contributed by atoms with van der Waals surface area (Å²) in [5, 5.41) is 4.48. The highest BCUT2D eigenvalue weighted by molar-refractivity contribution is 5.81. The molecular weight excluding hydrogens is 392 g/mol. The monoisotopic (exact) mass is 414 g/mol. The lowest BCUT2D eigenvalue weighted by Crippen LogP contribution is -2.43. The maximum absolute atomic E-state index is 11.5. The van der Waals surface area contributed by atoms with Crippen LogP contribution in [0.25, 0.3) is 28.2 Å². The average molecular weight is 414 g/mol. The van der Waals surface area contributed by atoms with Gasteiger partial charge >= 0.3 is 6.16 Å². The van der Waals surface area contributed by atoms with Crippen molar-refractivity contribution < 1.29 is 14.3 Å². The van der Waals surface area contributed by atoms with Crippen LogP contribution in [0.5, 0.6) is 5.88 Å². The molecule has 0 atom stereocenters. The summed E-state index contributed by atoms with van der Waals surface area (Å²) in [6.45, 7) is 0. The molecule has 2 heterocycles. The maximum Gasteiger partial charge on any atom is 0.514 e. The van der Waals surface area contributed by atoms with Gasteiger partial charge in [0.05, 0.1) is 12.8 Å². The fraction of sp³-hybridized carbons (Fsp3) is 0.208. The van der Waals surface area contributed by atoms with Crippen molar-refractivity contribution in [3.05, 3.63) is 72.3 Å². The topological polar surface area (TPSA) is 91.7 Å². The number of carbonyl (C=O) groups is 1. The van der Waals surface area contributed by atoms with Gasteiger partial charge in [-0.3, -0.25) is 0 Å². The van der Waals surface area contributed by atoms with Crippen molar-refractivity contribution in [3.63, 3.8) is 0 Å². The van der Waals surface area contributed by atoms with Crippen LogP contribution in [0.3, 0.4) is 0 Å². The number of imidazole rings is 1. The fourth-order valence-electron chi connectivity index (χ4n) is 3.96. The Bertz CT molecular complexity index is 1250. The van der Waals surface area contributed by atoms with Crippen molar-refractivity contribution in [2.24, 2.45) is 5.73 Å². The Kier molecular flexibility index (Phi) is 4.67. The minimum atomic E-state index is -0.823. The van der Waals surface area contributed by atoms with Crippen LogP contribution in [-0.4, -0.2) is 27.9 Å². The van der Waals surface area contributed by atoms with E-state index in [4.69, 9.17) is 15.5 Å². The molecule has 0 unspecified atom stereocenters. The van der Waals surface area contributed by atoms with E-state index in [2.05, 4.69) is 34.1 Å². The first kappa shape index (κ1) is 19.3. The van der Waals surface area contributed by atoms with Gasteiger partial charge in [-0.2, -0.15) is 0 Å². The van der Waals surface area contributed by atoms with Crippen molar-refractivity contribution in [2.45, 2.75) is 24.8 Å². The second kappa shape index (κ2) is 7.52. The highest BCUT2D eigenvalue weighted by Gasteiger charge is 2.34. The molecule has 1 aliphatic rings. The first-order valence-corrected chi connectivity index (χ1v) is 10.2. The SMILES string of the molecule is COC(=O)Oc1ccc2nc(-c3ccc(C4(N)CCC4)cc3)c(-c3ccccc3)n2n1. The van der Waals surface area contributed by atoms with Crippen molar-refractivity contribution in [2.75, 3.05) is 7.11 Å². The molecule has 31 heavy (non-hydrogen) atoms. The molecule has 5 rings (SSSR count). The lowest BCUT2D eigenvalue weighted by molar-refractivity contribution is 0.119. The average Bonchev–Trinajstić information content (AvgIpc) is 3.17. The summed E-state index contributed by atoms with van der Waals surface area (Å²) in [6, 6.07) is 21.5. The van der Waals surface area contributed by atoms with Gasteiger partial charge in [-0.05, 0) is 30.9 Å². The smallest absolute Gasteiger partial charge is 0.437 e. The third-order valence-corrected chi connectivity index (χ3v) is 5.83. The summed E-state index contributed by atoms with van der Waals surface area (Å²) in [5.41, 5.74) is 11.6. The van der Waals surface area contributed by atoms with E-state index in [0.29, 0.717) is 5.65 Å². The molecule has 7 nitrogen and oxygen atoms in total. The van der Waals surface area contributed by atoms with Gasteiger partial charge in [-0.25, -0.2) is 14.3 Å². The molecule has 0 aliphatic heterocycles. The van der Waals surface area contributed by atoms with Gasteiger partial charge in [0.2, 0.25) is 5.88 Å². The third-order valence-electron chi connectivity index (χ3n) is 5.83. The molecule has 0 radical (unpaired) electrons. The Labute approximate surface area is 179 Å². The fourth-order valence-corrected chi connectivity index (χ4v) is 3.96. The molecule has 1 fully saturated rings. The number of rotatable bonds is 4. The Morgan fingerprint density at radius 3 is 2.39 bits per heavy atom. The van der Waals surface area contributed by atoms with Crippen LogP contribution >= 0.6 is 0 Å². The van der Waals surface area contributed by atoms with Crippen molar-refractivity contribution in [3.8, 4) is 28.4 Å². The van der Waals surface area contributed by atoms with Gasteiger partial charge < -0.3 is 15.2 Å². The summed E-state index contributed by atoms with van der Waals surface area (Å²) in [7, 11) is 1.25. The molecule has 4 aromatic rings. The first-order chi connectivity index (χ1) is 15.1. The number of methoxy groups -OCH3 is 1. The Morgan fingerprint density at radius 1 is 1.00 bits per heavy atom. The van der Waals surface area contributed by atoms with Crippen LogP contribution in [0.15, 0.2) is 66.7 Å². The van der Waals surface area contributed by atoms with E-state index in [1.54, 1.807) is 16.6 Å². The zero-order valence-corrected chi connectivity index (χ0v) is 17.1. The van der Waals surface area contributed by atoms with Gasteiger partial charge in [0.1, 0.15) is 5.69 Å². The van der Waals surface area contributed by atoms with Gasteiger partial charge in [0.15, 0.2) is 5.65 Å². The third kappa shape index (κ3) is 3.43. The molecule has 2 aromatic carbocycles. The van der Waals surface area contributed by atoms with E-state index < -0.39 is 6.16 Å². The van der Waals surface area contributed by atoms with Gasteiger partial charge in [-0.1, -0.05) is 54.6 Å². The van der Waals surface area contributed by atoms with E-state index in [1.165, 1.54) is 13.5 Å². The second-order valence-corrected chi connectivity index (χ2v) is 7.76. The number of benzene rings is 2. The molecular formula is C24H22N4O3. The predicted molar refractivity (Wildman–Crippen MR) is 117 cm³/mol. The van der Waals surface area contributed by atoms with E-state index in [0.717, 1.165) is 40.9 Å². The molecule has 2 aromatic heterocycles. The highest BCUT2D eigenvalue weighted by Crippen LogP contribution is 2.40. The maximum atomic E-state index is 11.5. The van der Waals surface area contributed by atoms with Crippen LogP contribution in [0, 0.1) is 0 Å². The largest absolute Gasteiger partial charge is 0.514 e. The Morgan fingerprint density at radius 2 is 1.74 bits per heavy atom. The Balaban J connectivity index is 1.64.